The summed E-state index contributed by atoms with van der Waals surface area (Å²) in [6.07, 6.45) is 0. The molecule has 1 aromatic rings. The van der Waals surface area contributed by atoms with E-state index in [9.17, 15) is 0 Å². The monoisotopic (exact) mass is 296 g/mol. The van der Waals surface area contributed by atoms with Gasteiger partial charge in [0.15, 0.2) is 0 Å². The van der Waals surface area contributed by atoms with Gasteiger partial charge >= 0.3 is 0 Å². The summed E-state index contributed by atoms with van der Waals surface area (Å²) in [4.78, 5) is 5.39. The van der Waals surface area contributed by atoms with Crippen LogP contribution in [0.25, 0.3) is 0 Å². The standard InChI is InChI=1S/C17H32N2S/c1-12(2)9-18-10-17-8-16(15(6)20-17)11-19(7)14(5)13(3)4/h8,12-14,18H,9-11H2,1-7H3. The Morgan fingerprint density at radius 1 is 1.20 bits per heavy atom. The molecule has 0 saturated heterocycles. The van der Waals surface area contributed by atoms with Crippen molar-refractivity contribution in [2.45, 2.75) is 60.7 Å². The molecule has 2 nitrogen and oxygen atoms in total. The van der Waals surface area contributed by atoms with Gasteiger partial charge in [-0.1, -0.05) is 27.7 Å². The van der Waals surface area contributed by atoms with Crippen molar-refractivity contribution in [1.82, 2.24) is 10.2 Å². The fraction of sp³-hybridized carbons (Fsp3) is 0.765. The van der Waals surface area contributed by atoms with Gasteiger partial charge < -0.3 is 5.32 Å². The molecule has 1 unspecified atom stereocenters. The van der Waals surface area contributed by atoms with Crippen molar-refractivity contribution in [3.63, 3.8) is 0 Å². The van der Waals surface area contributed by atoms with Gasteiger partial charge in [-0.3, -0.25) is 4.90 Å². The van der Waals surface area contributed by atoms with Crippen LogP contribution in [-0.2, 0) is 13.1 Å². The highest BCUT2D eigenvalue weighted by Gasteiger charge is 2.15. The first-order valence-electron chi connectivity index (χ1n) is 7.80. The second-order valence-corrected chi connectivity index (χ2v) is 8.06. The minimum atomic E-state index is 0.622. The van der Waals surface area contributed by atoms with E-state index in [1.165, 1.54) is 15.3 Å². The Kier molecular flexibility index (Phi) is 7.21. The van der Waals surface area contributed by atoms with Crippen molar-refractivity contribution in [2.24, 2.45) is 11.8 Å². The lowest BCUT2D eigenvalue weighted by molar-refractivity contribution is 0.200. The van der Waals surface area contributed by atoms with Gasteiger partial charge in [0.25, 0.3) is 0 Å². The molecule has 20 heavy (non-hydrogen) atoms. The Bertz CT molecular complexity index is 396. The molecule has 1 aromatic heterocycles. The molecule has 0 aliphatic carbocycles. The lowest BCUT2D eigenvalue weighted by Crippen LogP contribution is -2.32. The maximum absolute atomic E-state index is 3.53. The Morgan fingerprint density at radius 3 is 2.40 bits per heavy atom. The first-order valence-corrected chi connectivity index (χ1v) is 8.62. The van der Waals surface area contributed by atoms with Crippen LogP contribution in [-0.4, -0.2) is 24.5 Å². The first-order chi connectivity index (χ1) is 9.31. The van der Waals surface area contributed by atoms with Crippen LogP contribution in [0.5, 0.6) is 0 Å². The number of nitrogens with zero attached hydrogens (tertiary/aromatic N) is 1. The van der Waals surface area contributed by atoms with Crippen LogP contribution in [0.1, 0.15) is 49.9 Å². The maximum atomic E-state index is 3.53. The molecule has 1 heterocycles. The predicted octanol–water partition coefficient (Wildman–Crippen LogP) is 4.28. The van der Waals surface area contributed by atoms with Crippen molar-refractivity contribution in [3.05, 3.63) is 21.4 Å². The molecule has 0 aliphatic heterocycles. The van der Waals surface area contributed by atoms with E-state index in [-0.39, 0.29) is 0 Å². The molecule has 0 fully saturated rings. The van der Waals surface area contributed by atoms with E-state index in [4.69, 9.17) is 0 Å². The third kappa shape index (κ3) is 5.55. The minimum absolute atomic E-state index is 0.622. The Morgan fingerprint density at radius 2 is 1.85 bits per heavy atom. The van der Waals surface area contributed by atoms with Crippen molar-refractivity contribution in [1.29, 1.82) is 0 Å². The third-order valence-electron chi connectivity index (χ3n) is 4.00. The molecule has 0 amide bonds. The zero-order valence-electron chi connectivity index (χ0n) is 14.3. The molecule has 1 rings (SSSR count). The Labute approximate surface area is 129 Å². The van der Waals surface area contributed by atoms with Gasteiger partial charge in [0.2, 0.25) is 0 Å². The van der Waals surface area contributed by atoms with E-state index < -0.39 is 0 Å². The summed E-state index contributed by atoms with van der Waals surface area (Å²) in [5, 5.41) is 3.53. The van der Waals surface area contributed by atoms with Crippen LogP contribution in [0.15, 0.2) is 6.07 Å². The SMILES string of the molecule is Cc1sc(CNCC(C)C)cc1CN(C)C(C)C(C)C. The minimum Gasteiger partial charge on any atom is -0.312 e. The van der Waals surface area contributed by atoms with Gasteiger partial charge in [0.1, 0.15) is 0 Å². The summed E-state index contributed by atoms with van der Waals surface area (Å²) >= 11 is 1.94. The molecule has 3 heteroatoms. The zero-order valence-corrected chi connectivity index (χ0v) is 15.1. The van der Waals surface area contributed by atoms with E-state index in [1.807, 2.05) is 11.3 Å². The fourth-order valence-electron chi connectivity index (χ4n) is 2.24. The summed E-state index contributed by atoms with van der Waals surface area (Å²) in [7, 11) is 2.23. The third-order valence-corrected chi connectivity index (χ3v) is 5.10. The van der Waals surface area contributed by atoms with Gasteiger partial charge in [-0.2, -0.15) is 0 Å². The average Bonchev–Trinajstić information content (AvgIpc) is 2.68. The van der Waals surface area contributed by atoms with Crippen molar-refractivity contribution in [3.8, 4) is 0 Å². The predicted molar refractivity (Wildman–Crippen MR) is 91.4 cm³/mol. The molecular formula is C17H32N2S. The normalized spacial score (nSPS) is 13.7. The number of hydrogen-bond acceptors (Lipinski definition) is 3. The van der Waals surface area contributed by atoms with Crippen LogP contribution >= 0.6 is 11.3 Å². The van der Waals surface area contributed by atoms with E-state index in [0.29, 0.717) is 17.9 Å². The highest BCUT2D eigenvalue weighted by Crippen LogP contribution is 2.24. The molecular weight excluding hydrogens is 264 g/mol. The van der Waals surface area contributed by atoms with Crippen LogP contribution in [0.2, 0.25) is 0 Å². The zero-order chi connectivity index (χ0) is 15.3. The molecule has 0 spiro atoms. The van der Waals surface area contributed by atoms with E-state index in [1.54, 1.807) is 0 Å². The van der Waals surface area contributed by atoms with Gasteiger partial charge in [0.05, 0.1) is 0 Å². The number of rotatable bonds is 8. The van der Waals surface area contributed by atoms with Gasteiger partial charge in [0, 0.05) is 28.9 Å². The molecule has 1 atom stereocenters. The Hall–Kier alpha value is -0.380. The largest absolute Gasteiger partial charge is 0.312 e. The average molecular weight is 297 g/mol. The van der Waals surface area contributed by atoms with Gasteiger partial charge in [-0.25, -0.2) is 0 Å². The second-order valence-electron chi connectivity index (χ2n) is 6.72. The second kappa shape index (κ2) is 8.16. The van der Waals surface area contributed by atoms with Crippen molar-refractivity contribution < 1.29 is 0 Å². The molecule has 0 aromatic carbocycles. The van der Waals surface area contributed by atoms with Crippen LogP contribution in [0, 0.1) is 18.8 Å². The van der Waals surface area contributed by atoms with Crippen LogP contribution < -0.4 is 5.32 Å². The molecule has 0 saturated carbocycles. The summed E-state index contributed by atoms with van der Waals surface area (Å²) in [6, 6.07) is 3.01. The number of hydrogen-bond donors (Lipinski definition) is 1. The first kappa shape index (κ1) is 17.7. The number of aryl methyl sites for hydroxylation is 1. The smallest absolute Gasteiger partial charge is 0.0300 e. The Balaban J connectivity index is 2.57. The van der Waals surface area contributed by atoms with Gasteiger partial charge in [-0.15, -0.1) is 11.3 Å². The summed E-state index contributed by atoms with van der Waals surface area (Å²) in [6.45, 7) is 16.8. The molecule has 0 bridgehead atoms. The maximum Gasteiger partial charge on any atom is 0.0300 e. The van der Waals surface area contributed by atoms with Crippen LogP contribution in [0.4, 0.5) is 0 Å². The van der Waals surface area contributed by atoms with E-state index in [2.05, 4.69) is 64.9 Å². The lowest BCUT2D eigenvalue weighted by atomic mass is 10.0. The van der Waals surface area contributed by atoms with Gasteiger partial charge in [-0.05, 0) is 50.9 Å². The lowest BCUT2D eigenvalue weighted by Gasteiger charge is -2.27. The fourth-order valence-corrected chi connectivity index (χ4v) is 3.26. The molecule has 1 N–H and O–H groups in total. The van der Waals surface area contributed by atoms with Crippen LogP contribution in [0.3, 0.4) is 0 Å². The molecule has 0 aliphatic rings. The molecule has 0 radical (unpaired) electrons. The van der Waals surface area contributed by atoms with Crippen molar-refractivity contribution >= 4 is 11.3 Å². The number of nitrogens with one attached hydrogen (secondary N) is 1. The topological polar surface area (TPSA) is 15.3 Å². The molecule has 116 valence electrons. The summed E-state index contributed by atoms with van der Waals surface area (Å²) < 4.78 is 0. The summed E-state index contributed by atoms with van der Waals surface area (Å²) in [5.41, 5.74) is 1.49. The van der Waals surface area contributed by atoms with Crippen molar-refractivity contribution in [2.75, 3.05) is 13.6 Å². The highest BCUT2D eigenvalue weighted by atomic mass is 32.1. The summed E-state index contributed by atoms with van der Waals surface area (Å²) in [5.74, 6) is 1.42. The quantitative estimate of drug-likeness (QED) is 0.770. The van der Waals surface area contributed by atoms with E-state index in [0.717, 1.165) is 19.6 Å². The highest BCUT2D eigenvalue weighted by molar-refractivity contribution is 7.12. The van der Waals surface area contributed by atoms with E-state index >= 15 is 0 Å². The number of thiophene rings is 1.